The zero-order valence-corrected chi connectivity index (χ0v) is 9.54. The smallest absolute Gasteiger partial charge is 0.338 e. The summed E-state index contributed by atoms with van der Waals surface area (Å²) in [6.45, 7) is 0. The molecule has 0 spiro atoms. The number of aromatic hydroxyl groups is 1. The van der Waals surface area contributed by atoms with Gasteiger partial charge in [-0.1, -0.05) is 15.9 Å². The molecule has 0 heterocycles. The summed E-state index contributed by atoms with van der Waals surface area (Å²) in [5.74, 6) is -0.664. The number of carbonyl (C=O) groups is 1. The third-order valence-corrected chi connectivity index (χ3v) is 2.46. The number of ether oxygens (including phenoxy) is 1. The van der Waals surface area contributed by atoms with Crippen LogP contribution in [0.2, 0.25) is 0 Å². The second-order valence-electron chi connectivity index (χ2n) is 2.76. The van der Waals surface area contributed by atoms with E-state index < -0.39 is 5.97 Å². The molecule has 0 aromatic heterocycles. The molecule has 0 radical (unpaired) electrons. The van der Waals surface area contributed by atoms with E-state index in [0.717, 1.165) is 0 Å². The van der Waals surface area contributed by atoms with Gasteiger partial charge in [-0.05, 0) is 12.1 Å². The lowest BCUT2D eigenvalue weighted by molar-refractivity contribution is 0.0599. The zero-order valence-electron chi connectivity index (χ0n) is 7.95. The molecule has 0 atom stereocenters. The first-order valence-electron chi connectivity index (χ1n) is 4.04. The molecule has 78 valence electrons. The van der Waals surface area contributed by atoms with Gasteiger partial charge in [-0.3, -0.25) is 0 Å². The average Bonchev–Trinajstić information content (AvgIpc) is 2.26. The molecule has 1 N–H and O–H groups in total. The number of halogens is 1. The van der Waals surface area contributed by atoms with Crippen molar-refractivity contribution in [3.05, 3.63) is 28.8 Å². The predicted octanol–water partition coefficient (Wildman–Crippen LogP) is 1.95. The largest absolute Gasteiger partial charge is 0.508 e. The van der Waals surface area contributed by atoms with Crippen LogP contribution in [0.25, 0.3) is 0 Å². The van der Waals surface area contributed by atoms with Crippen molar-refractivity contribution in [1.29, 1.82) is 5.26 Å². The summed E-state index contributed by atoms with van der Waals surface area (Å²) in [7, 11) is 1.25. The molecule has 1 rings (SSSR count). The summed E-state index contributed by atoms with van der Waals surface area (Å²) in [5.41, 5.74) is 0.837. The van der Waals surface area contributed by atoms with Gasteiger partial charge in [-0.15, -0.1) is 0 Å². The highest BCUT2D eigenvalue weighted by molar-refractivity contribution is 9.08. The second kappa shape index (κ2) is 4.80. The summed E-state index contributed by atoms with van der Waals surface area (Å²) in [5, 5.41) is 18.6. The van der Waals surface area contributed by atoms with Crippen LogP contribution in [0, 0.1) is 11.3 Å². The minimum absolute atomic E-state index is 0.0914. The van der Waals surface area contributed by atoms with Gasteiger partial charge in [0.05, 0.1) is 24.3 Å². The first kappa shape index (κ1) is 11.5. The van der Waals surface area contributed by atoms with Crippen LogP contribution in [0.5, 0.6) is 5.75 Å². The number of carbonyl (C=O) groups excluding carboxylic acids is 1. The van der Waals surface area contributed by atoms with Crippen LogP contribution in [0.1, 0.15) is 21.5 Å². The van der Waals surface area contributed by atoms with E-state index in [4.69, 9.17) is 5.26 Å². The van der Waals surface area contributed by atoms with Crippen LogP contribution in [0.3, 0.4) is 0 Å². The van der Waals surface area contributed by atoms with Gasteiger partial charge in [0.2, 0.25) is 0 Å². The Hall–Kier alpha value is -1.54. The maximum Gasteiger partial charge on any atom is 0.338 e. The molecule has 0 saturated heterocycles. The van der Waals surface area contributed by atoms with Crippen molar-refractivity contribution in [2.45, 2.75) is 5.33 Å². The minimum Gasteiger partial charge on any atom is -0.508 e. The molecule has 0 unspecified atom stereocenters. The number of benzene rings is 1. The van der Waals surface area contributed by atoms with E-state index in [0.29, 0.717) is 10.9 Å². The van der Waals surface area contributed by atoms with Gasteiger partial charge in [0, 0.05) is 10.9 Å². The number of phenolic OH excluding ortho intramolecular Hbond substituents is 1. The molecule has 0 aliphatic rings. The maximum atomic E-state index is 11.3. The molecule has 0 amide bonds. The lowest BCUT2D eigenvalue weighted by Gasteiger charge is -2.07. The van der Waals surface area contributed by atoms with Crippen molar-refractivity contribution in [1.82, 2.24) is 0 Å². The maximum absolute atomic E-state index is 11.3. The van der Waals surface area contributed by atoms with Crippen molar-refractivity contribution < 1.29 is 14.6 Å². The van der Waals surface area contributed by atoms with Gasteiger partial charge in [-0.2, -0.15) is 5.26 Å². The fourth-order valence-corrected chi connectivity index (χ4v) is 1.74. The van der Waals surface area contributed by atoms with Crippen molar-refractivity contribution in [3.63, 3.8) is 0 Å². The van der Waals surface area contributed by atoms with E-state index in [1.165, 1.54) is 19.2 Å². The molecule has 4 nitrogen and oxygen atoms in total. The number of nitrogens with zero attached hydrogens (tertiary/aromatic N) is 1. The SMILES string of the molecule is COC(=O)c1cc(C#N)cc(O)c1CBr. The highest BCUT2D eigenvalue weighted by atomic mass is 79.9. The number of rotatable bonds is 2. The third kappa shape index (κ3) is 2.28. The van der Waals surface area contributed by atoms with E-state index in [-0.39, 0.29) is 16.9 Å². The highest BCUT2D eigenvalue weighted by Crippen LogP contribution is 2.26. The Bertz CT molecular complexity index is 437. The number of phenols is 1. The van der Waals surface area contributed by atoms with Crippen molar-refractivity contribution in [2.24, 2.45) is 0 Å². The number of alkyl halides is 1. The molecule has 15 heavy (non-hydrogen) atoms. The van der Waals surface area contributed by atoms with Gasteiger partial charge >= 0.3 is 5.97 Å². The first-order chi connectivity index (χ1) is 7.13. The molecule has 0 aliphatic carbocycles. The van der Waals surface area contributed by atoms with Gasteiger partial charge in [0.15, 0.2) is 0 Å². The van der Waals surface area contributed by atoms with Gasteiger partial charge in [-0.25, -0.2) is 4.79 Å². The average molecular weight is 270 g/mol. The van der Waals surface area contributed by atoms with Crippen LogP contribution in [0.4, 0.5) is 0 Å². The molecule has 0 bridgehead atoms. The molecule has 0 fully saturated rings. The third-order valence-electron chi connectivity index (χ3n) is 1.89. The van der Waals surface area contributed by atoms with E-state index in [1.54, 1.807) is 0 Å². The molecule has 1 aromatic rings. The fraction of sp³-hybridized carbons (Fsp3) is 0.200. The molecule has 0 aliphatic heterocycles. The van der Waals surface area contributed by atoms with E-state index >= 15 is 0 Å². The van der Waals surface area contributed by atoms with Crippen LogP contribution in [-0.4, -0.2) is 18.2 Å². The molecular weight excluding hydrogens is 262 g/mol. The lowest BCUT2D eigenvalue weighted by Crippen LogP contribution is -2.05. The quantitative estimate of drug-likeness (QED) is 0.658. The standard InChI is InChI=1S/C10H8BrNO3/c1-15-10(14)7-2-6(5-12)3-9(13)8(7)4-11/h2-3,13H,4H2,1H3. The van der Waals surface area contributed by atoms with Crippen LogP contribution >= 0.6 is 15.9 Å². The van der Waals surface area contributed by atoms with Crippen LogP contribution < -0.4 is 0 Å². The molecule has 0 saturated carbocycles. The topological polar surface area (TPSA) is 70.3 Å². The Labute approximate surface area is 95.2 Å². The van der Waals surface area contributed by atoms with E-state index in [1.807, 2.05) is 6.07 Å². The lowest BCUT2D eigenvalue weighted by atomic mass is 10.0. The summed E-state index contributed by atoms with van der Waals surface area (Å²) in [6, 6.07) is 4.55. The van der Waals surface area contributed by atoms with E-state index in [2.05, 4.69) is 20.7 Å². The molecule has 1 aromatic carbocycles. The Balaban J connectivity index is 3.40. The van der Waals surface area contributed by atoms with Crippen molar-refractivity contribution >= 4 is 21.9 Å². The van der Waals surface area contributed by atoms with Gasteiger partial charge in [0.25, 0.3) is 0 Å². The summed E-state index contributed by atoms with van der Waals surface area (Å²) < 4.78 is 4.55. The normalized spacial score (nSPS) is 9.40. The fourth-order valence-electron chi connectivity index (χ4n) is 1.15. The predicted molar refractivity (Wildman–Crippen MR) is 56.8 cm³/mol. The summed E-state index contributed by atoms with van der Waals surface area (Å²) in [4.78, 5) is 11.3. The van der Waals surface area contributed by atoms with Gasteiger partial charge in [0.1, 0.15) is 5.75 Å². The Morgan fingerprint density at radius 3 is 2.80 bits per heavy atom. The highest BCUT2D eigenvalue weighted by Gasteiger charge is 2.16. The monoisotopic (exact) mass is 269 g/mol. The molecular formula is C10H8BrNO3. The second-order valence-corrected chi connectivity index (χ2v) is 3.32. The number of esters is 1. The van der Waals surface area contributed by atoms with Crippen molar-refractivity contribution in [2.75, 3.05) is 7.11 Å². The van der Waals surface area contributed by atoms with Crippen molar-refractivity contribution in [3.8, 4) is 11.8 Å². The van der Waals surface area contributed by atoms with E-state index in [9.17, 15) is 9.90 Å². The first-order valence-corrected chi connectivity index (χ1v) is 5.16. The van der Waals surface area contributed by atoms with Crippen LogP contribution in [0.15, 0.2) is 12.1 Å². The number of hydrogen-bond donors (Lipinski definition) is 1. The summed E-state index contributed by atoms with van der Waals surface area (Å²) in [6.07, 6.45) is 0. The Morgan fingerprint density at radius 1 is 1.67 bits per heavy atom. The Kier molecular flexibility index (Phi) is 3.69. The number of nitriles is 1. The molecule has 5 heteroatoms. The van der Waals surface area contributed by atoms with Crippen LogP contribution in [-0.2, 0) is 10.1 Å². The zero-order chi connectivity index (χ0) is 11.4. The van der Waals surface area contributed by atoms with Gasteiger partial charge < -0.3 is 9.84 Å². The minimum atomic E-state index is -0.572. The number of hydrogen-bond acceptors (Lipinski definition) is 4. The Morgan fingerprint density at radius 2 is 2.33 bits per heavy atom. The number of methoxy groups -OCH3 is 1. The summed E-state index contributed by atoms with van der Waals surface area (Å²) >= 11 is 3.15.